The van der Waals surface area contributed by atoms with Crippen molar-refractivity contribution in [3.05, 3.63) is 58.3 Å². The third-order valence-electron chi connectivity index (χ3n) is 5.26. The Balaban J connectivity index is 1.62. The molecule has 0 bridgehead atoms. The predicted octanol–water partition coefficient (Wildman–Crippen LogP) is 4.68. The van der Waals surface area contributed by atoms with E-state index in [4.69, 9.17) is 5.10 Å². The molecule has 1 fully saturated rings. The first kappa shape index (κ1) is 17.5. The molecule has 1 aliphatic carbocycles. The molecule has 0 spiro atoms. The third-order valence-corrected chi connectivity index (χ3v) is 5.89. The topological polar surface area (TPSA) is 62.5 Å². The van der Waals surface area contributed by atoms with E-state index in [0.717, 1.165) is 35.7 Å². The number of nitrogens with one attached hydrogen (secondary N) is 1. The Kier molecular flexibility index (Phi) is 4.96. The summed E-state index contributed by atoms with van der Waals surface area (Å²) in [4.78, 5) is 4.49. The van der Waals surface area contributed by atoms with Gasteiger partial charge in [-0.3, -0.25) is 0 Å². The second-order valence-electron chi connectivity index (χ2n) is 7.08. The first-order chi connectivity index (χ1) is 12.6. The molecule has 1 saturated carbocycles. The molecule has 2 heterocycles. The van der Waals surface area contributed by atoms with Crippen molar-refractivity contribution in [1.82, 2.24) is 14.6 Å². The van der Waals surface area contributed by atoms with Gasteiger partial charge in [0, 0.05) is 16.1 Å². The number of aliphatic hydroxyl groups is 1. The summed E-state index contributed by atoms with van der Waals surface area (Å²) in [5.74, 6) is 1.04. The molecule has 0 radical (unpaired) electrons. The second-order valence-corrected chi connectivity index (χ2v) is 7.93. The van der Waals surface area contributed by atoms with Crippen LogP contribution in [-0.4, -0.2) is 25.8 Å². The van der Waals surface area contributed by atoms with E-state index in [1.807, 2.05) is 28.9 Å². The van der Waals surface area contributed by atoms with Crippen LogP contribution in [0, 0.1) is 0 Å². The van der Waals surface area contributed by atoms with Crippen LogP contribution in [0.25, 0.3) is 5.52 Å². The lowest BCUT2D eigenvalue weighted by Crippen LogP contribution is -2.18. The zero-order valence-corrected chi connectivity index (χ0v) is 16.4. The summed E-state index contributed by atoms with van der Waals surface area (Å²) in [6.45, 7) is 2.11. The SMILES string of the molecule is CC(Nc1ncc2c(Br)cc(C3CCC(O)CC3)n2n1)c1ccccc1. The minimum atomic E-state index is -0.153. The van der Waals surface area contributed by atoms with E-state index in [9.17, 15) is 5.11 Å². The maximum atomic E-state index is 9.79. The van der Waals surface area contributed by atoms with Crippen LogP contribution in [-0.2, 0) is 0 Å². The van der Waals surface area contributed by atoms with E-state index in [-0.39, 0.29) is 12.1 Å². The molecule has 6 heteroatoms. The number of nitrogens with zero attached hydrogens (tertiary/aromatic N) is 3. The number of aromatic nitrogens is 3. The Morgan fingerprint density at radius 3 is 2.65 bits per heavy atom. The molecule has 1 unspecified atom stereocenters. The van der Waals surface area contributed by atoms with Crippen molar-refractivity contribution >= 4 is 27.4 Å². The minimum absolute atomic E-state index is 0.126. The lowest BCUT2D eigenvalue weighted by atomic mass is 9.85. The van der Waals surface area contributed by atoms with Crippen LogP contribution in [0.3, 0.4) is 0 Å². The molecule has 0 saturated heterocycles. The molecule has 0 aliphatic heterocycles. The molecule has 0 amide bonds. The fourth-order valence-electron chi connectivity index (χ4n) is 3.72. The van der Waals surface area contributed by atoms with Gasteiger partial charge in [-0.2, -0.15) is 0 Å². The van der Waals surface area contributed by atoms with Crippen molar-refractivity contribution in [2.75, 3.05) is 5.32 Å². The number of halogens is 1. The zero-order chi connectivity index (χ0) is 18.1. The van der Waals surface area contributed by atoms with Gasteiger partial charge in [-0.05, 0) is 60.2 Å². The summed E-state index contributed by atoms with van der Waals surface area (Å²) >= 11 is 3.64. The van der Waals surface area contributed by atoms with Gasteiger partial charge in [0.2, 0.25) is 5.95 Å². The van der Waals surface area contributed by atoms with Crippen LogP contribution in [0.1, 0.15) is 55.8 Å². The number of benzene rings is 1. The summed E-state index contributed by atoms with van der Waals surface area (Å²) in [6.07, 6.45) is 5.41. The highest BCUT2D eigenvalue weighted by Crippen LogP contribution is 2.36. The van der Waals surface area contributed by atoms with Crippen LogP contribution in [0.15, 0.2) is 47.1 Å². The Labute approximate surface area is 161 Å². The van der Waals surface area contributed by atoms with Crippen molar-refractivity contribution in [3.63, 3.8) is 0 Å². The van der Waals surface area contributed by atoms with Gasteiger partial charge in [0.15, 0.2) is 0 Å². The van der Waals surface area contributed by atoms with Crippen LogP contribution in [0.4, 0.5) is 5.95 Å². The average molecular weight is 415 g/mol. The highest BCUT2D eigenvalue weighted by atomic mass is 79.9. The standard InChI is InChI=1S/C20H23BrN4O/c1-13(14-5-3-2-4-6-14)23-20-22-12-19-17(21)11-18(25(19)24-20)15-7-9-16(26)10-8-15/h2-6,11-13,15-16,26H,7-10H2,1H3,(H,23,24). The van der Waals surface area contributed by atoms with Gasteiger partial charge in [0.1, 0.15) is 0 Å². The molecule has 3 aromatic rings. The van der Waals surface area contributed by atoms with Crippen LogP contribution in [0.5, 0.6) is 0 Å². The van der Waals surface area contributed by atoms with Gasteiger partial charge in [-0.25, -0.2) is 9.50 Å². The van der Waals surface area contributed by atoms with Crippen molar-refractivity contribution in [3.8, 4) is 0 Å². The van der Waals surface area contributed by atoms with Gasteiger partial charge in [0.25, 0.3) is 0 Å². The summed E-state index contributed by atoms with van der Waals surface area (Å²) in [5, 5.41) is 17.9. The fraction of sp³-hybridized carbons (Fsp3) is 0.400. The normalized spacial score (nSPS) is 21.7. The molecular formula is C20H23BrN4O. The fourth-order valence-corrected chi connectivity index (χ4v) is 4.23. The van der Waals surface area contributed by atoms with Gasteiger partial charge < -0.3 is 10.4 Å². The zero-order valence-electron chi connectivity index (χ0n) is 14.8. The molecule has 1 aliphatic rings. The van der Waals surface area contributed by atoms with Gasteiger partial charge in [-0.15, -0.1) is 5.10 Å². The Hall–Kier alpha value is -1.92. The van der Waals surface area contributed by atoms with E-state index in [0.29, 0.717) is 11.9 Å². The van der Waals surface area contributed by atoms with E-state index >= 15 is 0 Å². The van der Waals surface area contributed by atoms with Crippen molar-refractivity contribution < 1.29 is 5.11 Å². The largest absolute Gasteiger partial charge is 0.393 e. The monoisotopic (exact) mass is 414 g/mol. The number of aliphatic hydroxyl groups excluding tert-OH is 1. The average Bonchev–Trinajstić information content (AvgIpc) is 2.99. The number of fused-ring (bicyclic) bond motifs is 1. The Bertz CT molecular complexity index is 887. The number of anilines is 1. The van der Waals surface area contributed by atoms with Gasteiger partial charge in [0.05, 0.1) is 23.9 Å². The van der Waals surface area contributed by atoms with Crippen LogP contribution < -0.4 is 5.32 Å². The first-order valence-electron chi connectivity index (χ1n) is 9.15. The van der Waals surface area contributed by atoms with E-state index in [1.165, 1.54) is 11.3 Å². The Morgan fingerprint density at radius 2 is 1.92 bits per heavy atom. The van der Waals surface area contributed by atoms with Crippen LogP contribution >= 0.6 is 15.9 Å². The molecular weight excluding hydrogens is 392 g/mol. The van der Waals surface area contributed by atoms with Gasteiger partial charge >= 0.3 is 0 Å². The predicted molar refractivity (Wildman–Crippen MR) is 106 cm³/mol. The molecule has 2 N–H and O–H groups in total. The summed E-state index contributed by atoms with van der Waals surface area (Å²) < 4.78 is 3.01. The number of hydrogen-bond acceptors (Lipinski definition) is 4. The molecule has 1 aromatic carbocycles. The smallest absolute Gasteiger partial charge is 0.241 e. The molecule has 1 atom stereocenters. The molecule has 4 rings (SSSR count). The number of rotatable bonds is 4. The van der Waals surface area contributed by atoms with E-state index in [1.54, 1.807) is 0 Å². The second kappa shape index (κ2) is 7.37. The minimum Gasteiger partial charge on any atom is -0.393 e. The summed E-state index contributed by atoms with van der Waals surface area (Å²) in [5.41, 5.74) is 3.37. The maximum Gasteiger partial charge on any atom is 0.241 e. The molecule has 5 nitrogen and oxygen atoms in total. The maximum absolute atomic E-state index is 9.79. The van der Waals surface area contributed by atoms with Crippen molar-refractivity contribution in [2.45, 2.75) is 50.7 Å². The highest BCUT2D eigenvalue weighted by molar-refractivity contribution is 9.10. The first-order valence-corrected chi connectivity index (χ1v) is 9.95. The van der Waals surface area contributed by atoms with Crippen molar-refractivity contribution in [2.24, 2.45) is 0 Å². The molecule has 26 heavy (non-hydrogen) atoms. The molecule has 2 aromatic heterocycles. The third kappa shape index (κ3) is 3.48. The van der Waals surface area contributed by atoms with Gasteiger partial charge in [-0.1, -0.05) is 30.3 Å². The lowest BCUT2D eigenvalue weighted by Gasteiger charge is -2.25. The number of hydrogen-bond donors (Lipinski definition) is 2. The highest BCUT2D eigenvalue weighted by Gasteiger charge is 2.24. The Morgan fingerprint density at radius 1 is 1.19 bits per heavy atom. The lowest BCUT2D eigenvalue weighted by molar-refractivity contribution is 0.121. The summed E-state index contributed by atoms with van der Waals surface area (Å²) in [6, 6.07) is 12.6. The summed E-state index contributed by atoms with van der Waals surface area (Å²) in [7, 11) is 0. The van der Waals surface area contributed by atoms with Crippen molar-refractivity contribution in [1.29, 1.82) is 0 Å². The van der Waals surface area contributed by atoms with Crippen LogP contribution in [0.2, 0.25) is 0 Å². The van der Waals surface area contributed by atoms with E-state index in [2.05, 4.69) is 51.4 Å². The van der Waals surface area contributed by atoms with E-state index < -0.39 is 0 Å². The molecule has 136 valence electrons. The quantitative estimate of drug-likeness (QED) is 0.650.